The van der Waals surface area contributed by atoms with E-state index in [-0.39, 0.29) is 10.7 Å². The van der Waals surface area contributed by atoms with Gasteiger partial charge in [-0.3, -0.25) is 14.5 Å². The summed E-state index contributed by atoms with van der Waals surface area (Å²) in [5, 5.41) is 12.8. The Labute approximate surface area is 152 Å². The van der Waals surface area contributed by atoms with Crippen LogP contribution in [-0.4, -0.2) is 40.4 Å². The molecule has 130 valence electrons. The predicted molar refractivity (Wildman–Crippen MR) is 101 cm³/mol. The number of nitrogens with one attached hydrogen (secondary N) is 1. The van der Waals surface area contributed by atoms with Crippen molar-refractivity contribution in [3.8, 4) is 0 Å². The van der Waals surface area contributed by atoms with Crippen molar-refractivity contribution in [2.45, 2.75) is 18.4 Å². The third kappa shape index (κ3) is 3.32. The van der Waals surface area contributed by atoms with Crippen LogP contribution in [0.4, 0.5) is 0 Å². The average Bonchev–Trinajstić information content (AvgIpc) is 3.25. The minimum absolute atomic E-state index is 0.0457. The molecule has 7 heteroatoms. The Bertz CT molecular complexity index is 950. The van der Waals surface area contributed by atoms with Gasteiger partial charge in [0.15, 0.2) is 5.78 Å². The van der Waals surface area contributed by atoms with Crippen LogP contribution in [-0.2, 0) is 5.60 Å². The van der Waals surface area contributed by atoms with Gasteiger partial charge in [0.25, 0.3) is 0 Å². The quantitative estimate of drug-likeness (QED) is 0.689. The van der Waals surface area contributed by atoms with Gasteiger partial charge in [-0.15, -0.1) is 11.3 Å². The summed E-state index contributed by atoms with van der Waals surface area (Å²) < 4.78 is 0.807. The lowest BCUT2D eigenvalue weighted by Crippen LogP contribution is -2.44. The van der Waals surface area contributed by atoms with E-state index in [0.717, 1.165) is 26.4 Å². The molecule has 2 N–H and O–H groups in total. The number of ketones is 1. The largest absolute Gasteiger partial charge is 0.384 e. The maximum Gasteiger partial charge on any atom is 0.305 e. The van der Waals surface area contributed by atoms with Crippen LogP contribution in [0.25, 0.3) is 10.2 Å². The number of rotatable bonds is 4. The van der Waals surface area contributed by atoms with Gasteiger partial charge < -0.3 is 10.1 Å². The van der Waals surface area contributed by atoms with Gasteiger partial charge >= 0.3 is 4.87 Å². The van der Waals surface area contributed by atoms with Gasteiger partial charge in [-0.2, -0.15) is 0 Å². The lowest BCUT2D eigenvalue weighted by Gasteiger charge is -2.37. The fourth-order valence-corrected chi connectivity index (χ4v) is 4.94. The highest BCUT2D eigenvalue weighted by Gasteiger charge is 2.35. The summed E-state index contributed by atoms with van der Waals surface area (Å²) in [6.45, 7) is 1.73. The maximum absolute atomic E-state index is 12.6. The molecule has 0 spiro atoms. The third-order valence-corrected chi connectivity index (χ3v) is 6.68. The first-order valence-corrected chi connectivity index (χ1v) is 9.88. The molecule has 0 radical (unpaired) electrons. The predicted octanol–water partition coefficient (Wildman–Crippen LogP) is 2.82. The van der Waals surface area contributed by atoms with Crippen molar-refractivity contribution in [3.63, 3.8) is 0 Å². The second-order valence-corrected chi connectivity index (χ2v) is 8.40. The number of thiophene rings is 1. The number of aromatic nitrogens is 1. The van der Waals surface area contributed by atoms with Crippen molar-refractivity contribution < 1.29 is 9.90 Å². The van der Waals surface area contributed by atoms with E-state index >= 15 is 0 Å². The van der Waals surface area contributed by atoms with Crippen molar-refractivity contribution in [1.29, 1.82) is 0 Å². The number of benzene rings is 1. The van der Waals surface area contributed by atoms with Gasteiger partial charge in [-0.05, 0) is 42.5 Å². The van der Waals surface area contributed by atoms with Gasteiger partial charge in [0.1, 0.15) is 5.60 Å². The number of Topliss-reactive ketones (excluding diaryl/α,β-unsaturated/α-hetero) is 1. The van der Waals surface area contributed by atoms with Crippen LogP contribution in [0.1, 0.15) is 28.1 Å². The van der Waals surface area contributed by atoms with E-state index in [1.54, 1.807) is 29.5 Å². The summed E-state index contributed by atoms with van der Waals surface area (Å²) in [5.74, 6) is 0.0457. The summed E-state index contributed by atoms with van der Waals surface area (Å²) in [6, 6.07) is 9.26. The molecular formula is C18H18N2O3S2. The van der Waals surface area contributed by atoms with Crippen LogP contribution < -0.4 is 4.87 Å². The highest BCUT2D eigenvalue weighted by Crippen LogP contribution is 2.35. The Morgan fingerprint density at radius 1 is 1.28 bits per heavy atom. The van der Waals surface area contributed by atoms with Crippen molar-refractivity contribution in [1.82, 2.24) is 9.88 Å². The first-order valence-electron chi connectivity index (χ1n) is 8.18. The first-order chi connectivity index (χ1) is 12.0. The van der Waals surface area contributed by atoms with Crippen LogP contribution in [0.15, 0.2) is 40.5 Å². The smallest absolute Gasteiger partial charge is 0.305 e. The first kappa shape index (κ1) is 16.7. The molecule has 3 heterocycles. The molecule has 25 heavy (non-hydrogen) atoms. The van der Waals surface area contributed by atoms with Crippen LogP contribution in [0, 0.1) is 0 Å². The molecule has 5 nitrogen and oxygen atoms in total. The molecule has 0 bridgehead atoms. The molecule has 1 fully saturated rings. The van der Waals surface area contributed by atoms with E-state index in [1.165, 1.54) is 0 Å². The molecule has 0 aliphatic carbocycles. The number of thiazole rings is 1. The molecule has 1 aliphatic rings. The van der Waals surface area contributed by atoms with E-state index in [1.807, 2.05) is 17.5 Å². The van der Waals surface area contributed by atoms with Gasteiger partial charge in [-0.25, -0.2) is 0 Å². The summed E-state index contributed by atoms with van der Waals surface area (Å²) in [5.41, 5.74) is 0.636. The number of aliphatic hydroxyl groups is 1. The van der Waals surface area contributed by atoms with E-state index in [0.29, 0.717) is 38.0 Å². The van der Waals surface area contributed by atoms with Crippen molar-refractivity contribution in [3.05, 3.63) is 55.8 Å². The average molecular weight is 374 g/mol. The molecule has 0 atom stereocenters. The zero-order chi connectivity index (χ0) is 17.4. The molecule has 1 aliphatic heterocycles. The number of H-pyrrole nitrogens is 1. The van der Waals surface area contributed by atoms with E-state index in [2.05, 4.69) is 9.88 Å². The second-order valence-electron chi connectivity index (χ2n) is 6.43. The van der Waals surface area contributed by atoms with Gasteiger partial charge in [0.05, 0.1) is 16.8 Å². The number of likely N-dealkylation sites (tertiary alicyclic amines) is 1. The number of piperidine rings is 1. The van der Waals surface area contributed by atoms with E-state index < -0.39 is 5.60 Å². The SMILES string of the molecule is O=C(CN1CCC(O)(c2cccs2)CC1)c1ccc2[nH]c(=O)sc2c1. The molecular weight excluding hydrogens is 356 g/mol. The van der Waals surface area contributed by atoms with Crippen LogP contribution in [0.3, 0.4) is 0 Å². The van der Waals surface area contributed by atoms with E-state index in [4.69, 9.17) is 0 Å². The number of hydrogen-bond acceptors (Lipinski definition) is 6. The molecule has 2 aromatic heterocycles. The third-order valence-electron chi connectivity index (χ3n) is 4.77. The van der Waals surface area contributed by atoms with Gasteiger partial charge in [0, 0.05) is 23.5 Å². The highest BCUT2D eigenvalue weighted by molar-refractivity contribution is 7.16. The highest BCUT2D eigenvalue weighted by atomic mass is 32.1. The zero-order valence-electron chi connectivity index (χ0n) is 13.5. The van der Waals surface area contributed by atoms with Crippen molar-refractivity contribution in [2.24, 2.45) is 0 Å². The molecule has 3 aromatic rings. The molecule has 0 saturated carbocycles. The lowest BCUT2D eigenvalue weighted by molar-refractivity contribution is -0.0215. The Morgan fingerprint density at radius 3 is 2.80 bits per heavy atom. The number of aromatic amines is 1. The normalized spacial score (nSPS) is 17.8. The van der Waals surface area contributed by atoms with Crippen LogP contribution >= 0.6 is 22.7 Å². The molecule has 1 aromatic carbocycles. The van der Waals surface area contributed by atoms with Gasteiger partial charge in [0.2, 0.25) is 0 Å². The van der Waals surface area contributed by atoms with E-state index in [9.17, 15) is 14.7 Å². The Hall–Kier alpha value is -1.80. The zero-order valence-corrected chi connectivity index (χ0v) is 15.2. The standard InChI is InChI=1S/C18H18N2O3S2/c21-14(12-3-4-13-15(10-12)25-17(22)19-13)11-20-7-5-18(23,6-8-20)16-2-1-9-24-16/h1-4,9-10,23H,5-8,11H2,(H,19,22). The number of carbonyl (C=O) groups is 1. The molecule has 0 unspecified atom stereocenters. The monoisotopic (exact) mass is 374 g/mol. The minimum Gasteiger partial charge on any atom is -0.384 e. The Morgan fingerprint density at radius 2 is 2.08 bits per heavy atom. The molecule has 1 saturated heterocycles. The number of carbonyl (C=O) groups excluding carboxylic acids is 1. The van der Waals surface area contributed by atoms with Crippen molar-refractivity contribution >= 4 is 38.7 Å². The summed E-state index contributed by atoms with van der Waals surface area (Å²) in [6.07, 6.45) is 1.28. The number of nitrogens with zero attached hydrogens (tertiary/aromatic N) is 1. The Balaban J connectivity index is 1.42. The Kier molecular flexibility index (Phi) is 4.33. The lowest BCUT2D eigenvalue weighted by atomic mass is 9.89. The second kappa shape index (κ2) is 6.49. The topological polar surface area (TPSA) is 73.4 Å². The molecule has 4 rings (SSSR count). The summed E-state index contributed by atoms with van der Waals surface area (Å²) in [7, 11) is 0. The fourth-order valence-electron chi connectivity index (χ4n) is 3.28. The number of fused-ring (bicyclic) bond motifs is 1. The fraction of sp³-hybridized carbons (Fsp3) is 0.333. The molecule has 0 amide bonds. The van der Waals surface area contributed by atoms with Crippen molar-refractivity contribution in [2.75, 3.05) is 19.6 Å². The van der Waals surface area contributed by atoms with Crippen LogP contribution in [0.2, 0.25) is 0 Å². The maximum atomic E-state index is 12.6. The summed E-state index contributed by atoms with van der Waals surface area (Å²) in [4.78, 5) is 29.7. The van der Waals surface area contributed by atoms with Gasteiger partial charge in [-0.1, -0.05) is 17.4 Å². The van der Waals surface area contributed by atoms with Crippen LogP contribution in [0.5, 0.6) is 0 Å². The minimum atomic E-state index is -0.760. The summed E-state index contributed by atoms with van der Waals surface area (Å²) >= 11 is 2.70. The number of hydrogen-bond donors (Lipinski definition) is 2.